The lowest BCUT2D eigenvalue weighted by Crippen LogP contribution is -2.21. The van der Waals surface area contributed by atoms with Gasteiger partial charge in [0, 0.05) is 24.0 Å². The van der Waals surface area contributed by atoms with Crippen LogP contribution in [0.25, 0.3) is 11.1 Å². The van der Waals surface area contributed by atoms with Crippen molar-refractivity contribution in [3.05, 3.63) is 84.4 Å². The van der Waals surface area contributed by atoms with Gasteiger partial charge in [0.25, 0.3) is 5.91 Å². The van der Waals surface area contributed by atoms with Crippen LogP contribution in [0.3, 0.4) is 0 Å². The Labute approximate surface area is 158 Å². The van der Waals surface area contributed by atoms with Crippen LogP contribution in [-0.2, 0) is 9.53 Å². The highest BCUT2D eigenvalue weighted by molar-refractivity contribution is 6.00. The molecule has 0 aliphatic heterocycles. The van der Waals surface area contributed by atoms with E-state index in [1.807, 2.05) is 60.7 Å². The van der Waals surface area contributed by atoms with Gasteiger partial charge in [-0.3, -0.25) is 4.79 Å². The number of carbonyl (C=O) groups is 2. The number of nitrogens with one attached hydrogen (secondary N) is 2. The molecule has 0 aromatic heterocycles. The maximum Gasteiger partial charge on any atom is 0.340 e. The number of hydrogen-bond acceptors (Lipinski definition) is 4. The maximum absolute atomic E-state index is 12.3. The van der Waals surface area contributed by atoms with Gasteiger partial charge in [-0.25, -0.2) is 4.79 Å². The van der Waals surface area contributed by atoms with Crippen molar-refractivity contribution in [2.45, 2.75) is 0 Å². The van der Waals surface area contributed by atoms with E-state index in [-0.39, 0.29) is 6.61 Å². The molecule has 5 heteroatoms. The number of ether oxygens (including phenoxy) is 1. The first kappa shape index (κ1) is 18.2. The third-order valence-electron chi connectivity index (χ3n) is 4.04. The molecule has 3 aromatic carbocycles. The molecule has 0 atom stereocenters. The van der Waals surface area contributed by atoms with E-state index in [0.29, 0.717) is 16.9 Å². The first-order valence-electron chi connectivity index (χ1n) is 8.57. The van der Waals surface area contributed by atoms with Gasteiger partial charge in [0.1, 0.15) is 0 Å². The maximum atomic E-state index is 12.3. The quantitative estimate of drug-likeness (QED) is 0.647. The molecule has 0 saturated heterocycles. The highest BCUT2D eigenvalue weighted by Crippen LogP contribution is 2.27. The normalized spacial score (nSPS) is 10.1. The van der Waals surface area contributed by atoms with Gasteiger partial charge in [-0.1, -0.05) is 60.7 Å². The molecule has 0 spiro atoms. The van der Waals surface area contributed by atoms with Gasteiger partial charge in [0.15, 0.2) is 6.61 Å². The summed E-state index contributed by atoms with van der Waals surface area (Å²) in [5, 5.41) is 5.74. The number of rotatable bonds is 6. The number of esters is 1. The molecule has 27 heavy (non-hydrogen) atoms. The van der Waals surface area contributed by atoms with Gasteiger partial charge in [0.05, 0.1) is 5.56 Å². The summed E-state index contributed by atoms with van der Waals surface area (Å²) < 4.78 is 5.16. The van der Waals surface area contributed by atoms with Crippen LogP contribution < -0.4 is 10.6 Å². The first-order valence-corrected chi connectivity index (χ1v) is 8.57. The summed E-state index contributed by atoms with van der Waals surface area (Å²) in [7, 11) is 1.72. The van der Waals surface area contributed by atoms with Gasteiger partial charge < -0.3 is 15.4 Å². The van der Waals surface area contributed by atoms with Crippen molar-refractivity contribution in [2.75, 3.05) is 24.3 Å². The van der Waals surface area contributed by atoms with Crippen LogP contribution in [0.2, 0.25) is 0 Å². The number of carbonyl (C=O) groups excluding carboxylic acids is 2. The Morgan fingerprint density at radius 3 is 2.19 bits per heavy atom. The molecule has 3 rings (SSSR count). The van der Waals surface area contributed by atoms with E-state index >= 15 is 0 Å². The zero-order chi connectivity index (χ0) is 19.1. The Hall–Kier alpha value is -3.60. The molecule has 0 saturated carbocycles. The van der Waals surface area contributed by atoms with E-state index in [0.717, 1.165) is 11.1 Å². The van der Waals surface area contributed by atoms with E-state index < -0.39 is 11.9 Å². The highest BCUT2D eigenvalue weighted by atomic mass is 16.5. The summed E-state index contributed by atoms with van der Waals surface area (Å²) in [6.45, 7) is -0.361. The monoisotopic (exact) mass is 360 g/mol. The molecule has 2 N–H and O–H groups in total. The zero-order valence-electron chi connectivity index (χ0n) is 14.9. The van der Waals surface area contributed by atoms with Gasteiger partial charge in [-0.05, 0) is 23.8 Å². The number of para-hydroxylation sites is 2. The lowest BCUT2D eigenvalue weighted by Gasteiger charge is -2.12. The molecule has 0 fully saturated rings. The third-order valence-corrected chi connectivity index (χ3v) is 4.04. The van der Waals surface area contributed by atoms with Gasteiger partial charge >= 0.3 is 5.97 Å². The largest absolute Gasteiger partial charge is 0.452 e. The summed E-state index contributed by atoms with van der Waals surface area (Å²) in [4.78, 5) is 24.5. The van der Waals surface area contributed by atoms with E-state index in [4.69, 9.17) is 4.74 Å². The molecule has 0 aliphatic carbocycles. The Morgan fingerprint density at radius 1 is 0.815 bits per heavy atom. The van der Waals surface area contributed by atoms with Crippen molar-refractivity contribution in [2.24, 2.45) is 0 Å². The van der Waals surface area contributed by atoms with Crippen LogP contribution in [0.5, 0.6) is 0 Å². The fourth-order valence-corrected chi connectivity index (χ4v) is 2.74. The first-order chi connectivity index (χ1) is 13.2. The molecule has 0 heterocycles. The number of amides is 1. The minimum Gasteiger partial charge on any atom is -0.452 e. The molecular formula is C22H20N2O3. The van der Waals surface area contributed by atoms with Crippen molar-refractivity contribution < 1.29 is 14.3 Å². The fourth-order valence-electron chi connectivity index (χ4n) is 2.74. The van der Waals surface area contributed by atoms with Crippen LogP contribution in [-0.4, -0.2) is 25.5 Å². The molecule has 0 aliphatic rings. The van der Waals surface area contributed by atoms with Crippen molar-refractivity contribution in [3.8, 4) is 11.1 Å². The van der Waals surface area contributed by atoms with Gasteiger partial charge in [-0.2, -0.15) is 0 Å². The van der Waals surface area contributed by atoms with E-state index in [1.54, 1.807) is 25.2 Å². The molecule has 136 valence electrons. The molecular weight excluding hydrogens is 340 g/mol. The summed E-state index contributed by atoms with van der Waals surface area (Å²) >= 11 is 0. The second-order valence-corrected chi connectivity index (χ2v) is 5.83. The average Bonchev–Trinajstić information content (AvgIpc) is 2.73. The Balaban J connectivity index is 1.66. The Morgan fingerprint density at radius 2 is 1.44 bits per heavy atom. The second kappa shape index (κ2) is 8.67. The summed E-state index contributed by atoms with van der Waals surface area (Å²) in [6.07, 6.45) is 0. The summed E-state index contributed by atoms with van der Waals surface area (Å²) in [5.74, 6) is -0.944. The van der Waals surface area contributed by atoms with Crippen LogP contribution in [0.1, 0.15) is 10.4 Å². The van der Waals surface area contributed by atoms with Crippen molar-refractivity contribution in [3.63, 3.8) is 0 Å². The number of anilines is 2. The van der Waals surface area contributed by atoms with Crippen molar-refractivity contribution in [1.29, 1.82) is 0 Å². The van der Waals surface area contributed by atoms with Crippen molar-refractivity contribution >= 4 is 23.3 Å². The average molecular weight is 360 g/mol. The van der Waals surface area contributed by atoms with Gasteiger partial charge in [-0.15, -0.1) is 0 Å². The second-order valence-electron chi connectivity index (χ2n) is 5.83. The number of benzene rings is 3. The smallest absolute Gasteiger partial charge is 0.340 e. The minimum atomic E-state index is -0.550. The fraction of sp³-hybridized carbons (Fsp3) is 0.0909. The van der Waals surface area contributed by atoms with Crippen LogP contribution in [0.15, 0.2) is 78.9 Å². The van der Waals surface area contributed by atoms with E-state index in [1.165, 1.54) is 0 Å². The lowest BCUT2D eigenvalue weighted by molar-refractivity contribution is -0.119. The Bertz CT molecular complexity index is 939. The predicted molar refractivity (Wildman–Crippen MR) is 107 cm³/mol. The zero-order valence-corrected chi connectivity index (χ0v) is 14.9. The topological polar surface area (TPSA) is 67.4 Å². The standard InChI is InChI=1S/C22H20N2O3/c1-23-19-13-7-6-12-18(19)22(26)27-15-21(25)24-20-14-8-5-11-17(20)16-9-3-2-4-10-16/h2-14,23H,15H2,1H3,(H,24,25). The van der Waals surface area contributed by atoms with Crippen molar-refractivity contribution in [1.82, 2.24) is 0 Å². The molecule has 0 bridgehead atoms. The highest BCUT2D eigenvalue weighted by Gasteiger charge is 2.14. The molecule has 5 nitrogen and oxygen atoms in total. The third kappa shape index (κ3) is 4.52. The SMILES string of the molecule is CNc1ccccc1C(=O)OCC(=O)Nc1ccccc1-c1ccccc1. The summed E-state index contributed by atoms with van der Waals surface area (Å²) in [5.41, 5.74) is 3.60. The molecule has 0 radical (unpaired) electrons. The number of hydrogen-bond donors (Lipinski definition) is 2. The Kier molecular flexibility index (Phi) is 5.84. The van der Waals surface area contributed by atoms with E-state index in [2.05, 4.69) is 10.6 Å². The van der Waals surface area contributed by atoms with Gasteiger partial charge in [0.2, 0.25) is 0 Å². The molecule has 3 aromatic rings. The van der Waals surface area contributed by atoms with Crippen LogP contribution in [0, 0.1) is 0 Å². The predicted octanol–water partition coefficient (Wildman–Crippen LogP) is 4.19. The molecule has 0 unspecified atom stereocenters. The lowest BCUT2D eigenvalue weighted by atomic mass is 10.0. The van der Waals surface area contributed by atoms with E-state index in [9.17, 15) is 9.59 Å². The van der Waals surface area contributed by atoms with Crippen LogP contribution in [0.4, 0.5) is 11.4 Å². The minimum absolute atomic E-state index is 0.361. The van der Waals surface area contributed by atoms with Crippen LogP contribution >= 0.6 is 0 Å². The summed E-state index contributed by atoms with van der Waals surface area (Å²) in [6, 6.07) is 24.2. The molecule has 1 amide bonds.